The summed E-state index contributed by atoms with van der Waals surface area (Å²) >= 11 is 3.03. The van der Waals surface area contributed by atoms with Crippen LogP contribution in [0, 0.1) is 0 Å². The summed E-state index contributed by atoms with van der Waals surface area (Å²) in [4.78, 5) is 42.7. The van der Waals surface area contributed by atoms with Crippen molar-refractivity contribution in [2.75, 3.05) is 0 Å². The number of Topliss-reactive ketones (excluding diaryl/α,β-unsaturated/α-hetero) is 4. The van der Waals surface area contributed by atoms with Gasteiger partial charge >= 0.3 is 0 Å². The van der Waals surface area contributed by atoms with Crippen molar-refractivity contribution in [3.63, 3.8) is 0 Å². The predicted molar refractivity (Wildman–Crippen MR) is 178 cm³/mol. The Morgan fingerprint density at radius 3 is 1.40 bits per heavy atom. The third-order valence-electron chi connectivity index (χ3n) is 3.59. The molecular formula is C32H54O6S2. The Kier molecular flexibility index (Phi) is 42.2. The van der Waals surface area contributed by atoms with Gasteiger partial charge in [0.1, 0.15) is 6.26 Å². The Morgan fingerprint density at radius 1 is 0.625 bits per heavy atom. The summed E-state index contributed by atoms with van der Waals surface area (Å²) in [5.74, 6) is 0.727. The molecule has 0 bridgehead atoms. The first-order chi connectivity index (χ1) is 16.2. The second-order valence-electron chi connectivity index (χ2n) is 6.20. The molecule has 0 aliphatic carbocycles. The second-order valence-corrected chi connectivity index (χ2v) is 7.93. The van der Waals surface area contributed by atoms with E-state index in [-0.39, 0.29) is 67.7 Å². The lowest BCUT2D eigenvalue weighted by atomic mass is 10.2. The van der Waals surface area contributed by atoms with E-state index in [0.717, 1.165) is 10.4 Å². The molecule has 40 heavy (non-hydrogen) atoms. The molecule has 0 N–H and O–H groups in total. The normalized spacial score (nSPS) is 7.45. The Morgan fingerprint density at radius 2 is 1.20 bits per heavy atom. The topological polar surface area (TPSA) is 94.6 Å². The molecule has 4 aromatic heterocycles. The van der Waals surface area contributed by atoms with Gasteiger partial charge in [0.25, 0.3) is 0 Å². The van der Waals surface area contributed by atoms with E-state index in [0.29, 0.717) is 11.3 Å². The fraction of sp³-hybridized carbons (Fsp3) is 0.375. The molecule has 0 aromatic carbocycles. The van der Waals surface area contributed by atoms with Gasteiger partial charge in [-0.15, -0.1) is 11.3 Å². The van der Waals surface area contributed by atoms with E-state index < -0.39 is 0 Å². The number of furan rings is 2. The van der Waals surface area contributed by atoms with Crippen LogP contribution >= 0.6 is 22.7 Å². The molecule has 0 aliphatic heterocycles. The number of ketones is 4. The Bertz CT molecular complexity index is 884. The van der Waals surface area contributed by atoms with E-state index in [9.17, 15) is 19.2 Å². The number of rotatable bonds is 4. The van der Waals surface area contributed by atoms with E-state index in [2.05, 4.69) is 4.42 Å². The lowest BCUT2D eigenvalue weighted by Gasteiger charge is -1.80. The van der Waals surface area contributed by atoms with E-state index in [1.165, 1.54) is 44.0 Å². The van der Waals surface area contributed by atoms with Gasteiger partial charge in [0.2, 0.25) is 0 Å². The molecule has 0 unspecified atom stereocenters. The summed E-state index contributed by atoms with van der Waals surface area (Å²) in [6.07, 6.45) is 4.40. The molecule has 0 saturated heterocycles. The second kappa shape index (κ2) is 31.9. The zero-order valence-corrected chi connectivity index (χ0v) is 21.8. The van der Waals surface area contributed by atoms with Crippen LogP contribution in [0.2, 0.25) is 0 Å². The average molecular weight is 599 g/mol. The molecule has 0 aliphatic rings. The van der Waals surface area contributed by atoms with Gasteiger partial charge < -0.3 is 8.83 Å². The Balaban J connectivity index is -0.0000000677. The van der Waals surface area contributed by atoms with E-state index in [4.69, 9.17) is 4.42 Å². The maximum Gasteiger partial charge on any atom is 0.194 e. The largest absolute Gasteiger partial charge is 0.472 e. The van der Waals surface area contributed by atoms with E-state index >= 15 is 0 Å². The van der Waals surface area contributed by atoms with Crippen molar-refractivity contribution in [3.05, 3.63) is 93.1 Å². The maximum absolute atomic E-state index is 10.5. The van der Waals surface area contributed by atoms with Gasteiger partial charge in [-0.3, -0.25) is 19.2 Å². The first-order valence-electron chi connectivity index (χ1n) is 10.4. The third kappa shape index (κ3) is 23.7. The highest BCUT2D eigenvalue weighted by Crippen LogP contribution is 2.08. The SMILES string of the molecule is C.C.C.C.C.C.CC.CC(=O)c1ccco1.CC(=O)c1cccs1.CC(=O)c1ccoc1.CC(=O)c1ccsc1. The van der Waals surface area contributed by atoms with Crippen molar-refractivity contribution in [2.45, 2.75) is 86.1 Å². The predicted octanol–water partition coefficient (Wildman–Crippen LogP) is 11.7. The van der Waals surface area contributed by atoms with Crippen LogP contribution in [0.15, 0.2) is 80.2 Å². The third-order valence-corrected chi connectivity index (χ3v) is 5.25. The van der Waals surface area contributed by atoms with E-state index in [1.807, 2.05) is 48.2 Å². The molecule has 230 valence electrons. The van der Waals surface area contributed by atoms with Crippen molar-refractivity contribution >= 4 is 45.8 Å². The first-order valence-corrected chi connectivity index (χ1v) is 12.2. The van der Waals surface area contributed by atoms with Crippen LogP contribution in [0.1, 0.15) is 127 Å². The van der Waals surface area contributed by atoms with Crippen LogP contribution in [0.5, 0.6) is 0 Å². The fourth-order valence-electron chi connectivity index (χ4n) is 1.89. The van der Waals surface area contributed by atoms with Gasteiger partial charge in [-0.2, -0.15) is 11.3 Å². The van der Waals surface area contributed by atoms with E-state index in [1.54, 1.807) is 43.4 Å². The molecule has 8 heteroatoms. The number of thiophene rings is 2. The fourth-order valence-corrected chi connectivity index (χ4v) is 3.21. The molecule has 0 amide bonds. The molecule has 0 atom stereocenters. The highest BCUT2D eigenvalue weighted by molar-refractivity contribution is 7.12. The smallest absolute Gasteiger partial charge is 0.194 e. The van der Waals surface area contributed by atoms with Crippen molar-refractivity contribution in [1.82, 2.24) is 0 Å². The summed E-state index contributed by atoms with van der Waals surface area (Å²) in [7, 11) is 0. The van der Waals surface area contributed by atoms with Gasteiger partial charge in [0, 0.05) is 17.9 Å². The quantitative estimate of drug-likeness (QED) is 0.217. The minimum Gasteiger partial charge on any atom is -0.472 e. The molecule has 4 rings (SSSR count). The summed E-state index contributed by atoms with van der Waals surface area (Å²) in [5, 5.41) is 5.65. The highest BCUT2D eigenvalue weighted by atomic mass is 32.1. The van der Waals surface area contributed by atoms with Crippen LogP contribution in [0.25, 0.3) is 0 Å². The molecule has 0 saturated carbocycles. The van der Waals surface area contributed by atoms with Gasteiger partial charge in [-0.05, 0) is 61.9 Å². The summed E-state index contributed by atoms with van der Waals surface area (Å²) in [6.45, 7) is 10.1. The van der Waals surface area contributed by atoms with Crippen LogP contribution in [-0.4, -0.2) is 23.1 Å². The number of hydrogen-bond acceptors (Lipinski definition) is 8. The van der Waals surface area contributed by atoms with Crippen molar-refractivity contribution in [2.24, 2.45) is 0 Å². The zero-order valence-electron chi connectivity index (χ0n) is 20.2. The minimum absolute atomic E-state index is 0. The van der Waals surface area contributed by atoms with Crippen molar-refractivity contribution < 1.29 is 28.0 Å². The van der Waals surface area contributed by atoms with Crippen LogP contribution < -0.4 is 0 Å². The lowest BCUT2D eigenvalue weighted by Crippen LogP contribution is -1.85. The first kappa shape index (κ1) is 53.0. The molecule has 6 nitrogen and oxygen atoms in total. The van der Waals surface area contributed by atoms with Gasteiger partial charge in [-0.25, -0.2) is 0 Å². The minimum atomic E-state index is -0.0324. The number of carbonyl (C=O) groups is 4. The number of carbonyl (C=O) groups excluding carboxylic acids is 4. The van der Waals surface area contributed by atoms with Crippen LogP contribution in [-0.2, 0) is 0 Å². The molecule has 4 aromatic rings. The molecule has 4 heterocycles. The zero-order chi connectivity index (χ0) is 25.9. The van der Waals surface area contributed by atoms with Crippen molar-refractivity contribution in [3.8, 4) is 0 Å². The van der Waals surface area contributed by atoms with Crippen molar-refractivity contribution in [1.29, 1.82) is 0 Å². The van der Waals surface area contributed by atoms with Crippen LogP contribution in [0.3, 0.4) is 0 Å². The summed E-state index contributed by atoms with van der Waals surface area (Å²) in [5.41, 5.74) is 1.44. The highest BCUT2D eigenvalue weighted by Gasteiger charge is 1.98. The Labute approximate surface area is 252 Å². The lowest BCUT2D eigenvalue weighted by molar-refractivity contribution is 0.0983. The van der Waals surface area contributed by atoms with Gasteiger partial charge in [0.15, 0.2) is 28.9 Å². The maximum atomic E-state index is 10.5. The van der Waals surface area contributed by atoms with Gasteiger partial charge in [0.05, 0.1) is 23.0 Å². The Hall–Kier alpha value is -3.36. The van der Waals surface area contributed by atoms with Crippen LogP contribution in [0.4, 0.5) is 0 Å². The molecule has 0 fully saturated rings. The summed E-state index contributed by atoms with van der Waals surface area (Å²) < 4.78 is 9.40. The molecule has 0 spiro atoms. The summed E-state index contributed by atoms with van der Waals surface area (Å²) in [6, 6.07) is 10.5. The number of hydrogen-bond donors (Lipinski definition) is 0. The molecule has 0 radical (unpaired) electrons. The monoisotopic (exact) mass is 598 g/mol. The van der Waals surface area contributed by atoms with Gasteiger partial charge in [-0.1, -0.05) is 64.5 Å². The average Bonchev–Trinajstić information content (AvgIpc) is 3.65. The molecular weight excluding hydrogens is 544 g/mol. The standard InChI is InChI=1S/2C6H6O2.2C6H6OS.C2H6.6CH4/c1-5(7)6-2-3-8-4-6;1-5(7)6-3-2-4-8-6;1-5(7)6-2-3-8-4-6;1-5(7)6-3-2-4-8-6;1-2;;;;;;/h4*2-4H,1H3;1-2H3;6*1H4.